The van der Waals surface area contributed by atoms with Crippen LogP contribution < -0.4 is 11.1 Å². The number of aryl methyl sites for hydroxylation is 1. The number of primary amides is 1. The van der Waals surface area contributed by atoms with Gasteiger partial charge >= 0.3 is 6.09 Å². The van der Waals surface area contributed by atoms with Crippen molar-refractivity contribution in [1.29, 1.82) is 0 Å². The molecule has 0 saturated carbocycles. The lowest BCUT2D eigenvalue weighted by Crippen LogP contribution is -2.27. The van der Waals surface area contributed by atoms with Gasteiger partial charge in [-0.2, -0.15) is 0 Å². The summed E-state index contributed by atoms with van der Waals surface area (Å²) < 4.78 is 22.4. The number of imidazole rings is 1. The van der Waals surface area contributed by atoms with Crippen LogP contribution in [0, 0.1) is 5.82 Å². The van der Waals surface area contributed by atoms with E-state index in [9.17, 15) is 9.59 Å². The Kier molecular flexibility index (Phi) is 7.35. The number of halogens is 2. The van der Waals surface area contributed by atoms with Crippen molar-refractivity contribution in [3.05, 3.63) is 77.1 Å². The third-order valence-electron chi connectivity index (χ3n) is 6.30. The number of nitrogens with one attached hydrogen (secondary N) is 1. The van der Waals surface area contributed by atoms with E-state index in [1.54, 1.807) is 51.2 Å². The number of ether oxygens (including phenoxy) is 1. The summed E-state index contributed by atoms with van der Waals surface area (Å²) in [6, 6.07) is 11.3. The summed E-state index contributed by atoms with van der Waals surface area (Å²) in [6.07, 6.45) is 3.74. The second kappa shape index (κ2) is 10.8. The number of rotatable bonds is 6. The highest BCUT2D eigenvalue weighted by molar-refractivity contribution is 6.35. The van der Waals surface area contributed by atoms with E-state index in [0.29, 0.717) is 50.6 Å². The summed E-state index contributed by atoms with van der Waals surface area (Å²) in [7, 11) is 0. The molecule has 0 aliphatic carbocycles. The molecule has 11 heteroatoms. The molecule has 0 radical (unpaired) electrons. The smallest absolute Gasteiger partial charge is 0.413 e. The number of carbonyl (C=O) groups excluding carboxylic acids is 2. The Hall–Kier alpha value is -4.57. The van der Waals surface area contributed by atoms with Crippen LogP contribution in [-0.4, -0.2) is 37.1 Å². The minimum Gasteiger partial charge on any atom is -0.444 e. The van der Waals surface area contributed by atoms with Crippen LogP contribution in [0.4, 0.5) is 15.0 Å². The van der Waals surface area contributed by atoms with Crippen LogP contribution >= 0.6 is 11.6 Å². The van der Waals surface area contributed by atoms with Gasteiger partial charge in [0.2, 0.25) is 0 Å². The molecule has 0 aliphatic heterocycles. The summed E-state index contributed by atoms with van der Waals surface area (Å²) in [5.41, 5.74) is 8.33. The Bertz CT molecular complexity index is 1830. The first-order chi connectivity index (χ1) is 19.5. The van der Waals surface area contributed by atoms with Crippen LogP contribution in [0.25, 0.3) is 38.8 Å². The zero-order valence-electron chi connectivity index (χ0n) is 23.0. The molecule has 0 bridgehead atoms. The molecule has 0 saturated heterocycles. The van der Waals surface area contributed by atoms with Gasteiger partial charge in [-0.05, 0) is 80.8 Å². The minimum atomic E-state index is -0.682. The van der Waals surface area contributed by atoms with Crippen LogP contribution in [0.15, 0.2) is 54.9 Å². The molecule has 2 amide bonds. The maximum Gasteiger partial charge on any atom is 0.413 e. The van der Waals surface area contributed by atoms with Crippen LogP contribution in [0.5, 0.6) is 0 Å². The van der Waals surface area contributed by atoms with Gasteiger partial charge in [-0.25, -0.2) is 19.2 Å². The van der Waals surface area contributed by atoms with Gasteiger partial charge in [0, 0.05) is 18.8 Å². The van der Waals surface area contributed by atoms with E-state index < -0.39 is 23.4 Å². The molecule has 9 nitrogen and oxygen atoms in total. The summed E-state index contributed by atoms with van der Waals surface area (Å²) in [4.78, 5) is 38.3. The first kappa shape index (κ1) is 28.0. The number of hydrogen-bond donors (Lipinski definition) is 2. The number of pyridine rings is 2. The van der Waals surface area contributed by atoms with E-state index in [4.69, 9.17) is 27.1 Å². The van der Waals surface area contributed by atoms with E-state index in [-0.39, 0.29) is 16.8 Å². The van der Waals surface area contributed by atoms with Crippen molar-refractivity contribution in [2.75, 3.05) is 5.32 Å². The number of hydrogen-bond acceptors (Lipinski definition) is 6. The van der Waals surface area contributed by atoms with Crippen molar-refractivity contribution in [2.24, 2.45) is 5.73 Å². The lowest BCUT2D eigenvalue weighted by Gasteiger charge is -2.19. The van der Waals surface area contributed by atoms with Gasteiger partial charge in [0.1, 0.15) is 28.6 Å². The number of anilines is 1. The molecule has 0 aliphatic rings. The molecular weight excluding hydrogens is 547 g/mol. The normalized spacial score (nSPS) is 11.7. The lowest BCUT2D eigenvalue weighted by molar-refractivity contribution is 0.0635. The van der Waals surface area contributed by atoms with Crippen molar-refractivity contribution in [3.8, 4) is 16.8 Å². The fourth-order valence-electron chi connectivity index (χ4n) is 4.69. The maximum absolute atomic E-state index is 15.3. The molecule has 0 atom stereocenters. The van der Waals surface area contributed by atoms with E-state index in [1.165, 1.54) is 18.3 Å². The highest BCUT2D eigenvalue weighted by atomic mass is 35.5. The molecule has 0 spiro atoms. The molecule has 0 fully saturated rings. The molecule has 2 aromatic carbocycles. The summed E-state index contributed by atoms with van der Waals surface area (Å²) in [6.45, 7) is 7.29. The zero-order chi connectivity index (χ0) is 29.5. The van der Waals surface area contributed by atoms with Gasteiger partial charge in [0.25, 0.3) is 5.91 Å². The lowest BCUT2D eigenvalue weighted by atomic mass is 10.0. The largest absolute Gasteiger partial charge is 0.444 e. The molecule has 0 unspecified atom stereocenters. The molecule has 41 heavy (non-hydrogen) atoms. The Morgan fingerprint density at radius 3 is 2.51 bits per heavy atom. The average molecular weight is 575 g/mol. The van der Waals surface area contributed by atoms with Gasteiger partial charge in [0.15, 0.2) is 0 Å². The highest BCUT2D eigenvalue weighted by Crippen LogP contribution is 2.35. The van der Waals surface area contributed by atoms with Crippen molar-refractivity contribution in [1.82, 2.24) is 19.5 Å². The third kappa shape index (κ3) is 5.55. The fraction of sp³-hybridized carbons (Fsp3) is 0.233. The topological polar surface area (TPSA) is 125 Å². The van der Waals surface area contributed by atoms with E-state index in [2.05, 4.69) is 15.3 Å². The van der Waals surface area contributed by atoms with E-state index in [0.717, 1.165) is 6.42 Å². The Balaban J connectivity index is 1.74. The van der Waals surface area contributed by atoms with Gasteiger partial charge in [-0.15, -0.1) is 0 Å². The zero-order valence-corrected chi connectivity index (χ0v) is 23.7. The number of benzene rings is 2. The molecular formula is C30H28ClFN6O3. The van der Waals surface area contributed by atoms with Crippen LogP contribution in [-0.2, 0) is 11.2 Å². The predicted molar refractivity (Wildman–Crippen MR) is 157 cm³/mol. The van der Waals surface area contributed by atoms with Crippen molar-refractivity contribution in [3.63, 3.8) is 0 Å². The Morgan fingerprint density at radius 2 is 1.80 bits per heavy atom. The number of nitrogens with zero attached hydrogens (tertiary/aromatic N) is 4. The quantitative estimate of drug-likeness (QED) is 0.229. The number of fused-ring (bicyclic) bond motifs is 2. The number of nitrogens with two attached hydrogens (primary N) is 1. The SMILES string of the molecule is CCCc1nc2c(C(N)=O)cc(-c3ccnc(NC(=O)OC(C)(C)C)c3)cc2n1-c1ccnc2c(Cl)ccc(F)c12. The summed E-state index contributed by atoms with van der Waals surface area (Å²) >= 11 is 6.38. The molecule has 3 heterocycles. The fourth-order valence-corrected chi connectivity index (χ4v) is 4.90. The predicted octanol–water partition coefficient (Wildman–Crippen LogP) is 6.83. The van der Waals surface area contributed by atoms with Crippen molar-refractivity contribution in [2.45, 2.75) is 46.1 Å². The molecule has 5 aromatic rings. The van der Waals surface area contributed by atoms with Gasteiger partial charge in [0.05, 0.1) is 32.7 Å². The first-order valence-corrected chi connectivity index (χ1v) is 13.4. The second-order valence-corrected chi connectivity index (χ2v) is 10.9. The van der Waals surface area contributed by atoms with Gasteiger partial charge in [-0.3, -0.25) is 19.7 Å². The molecule has 5 rings (SSSR count). The first-order valence-electron chi connectivity index (χ1n) is 13.0. The minimum absolute atomic E-state index is 0.198. The summed E-state index contributed by atoms with van der Waals surface area (Å²) in [5.74, 6) is -0.278. The summed E-state index contributed by atoms with van der Waals surface area (Å²) in [5, 5.41) is 3.17. The standard InChI is InChI=1S/C30H28ClFN6O3/c1-5-6-24-37-26-18(28(33)39)13-17(16-9-11-34-23(15-16)36-29(40)41-30(2,3)4)14-22(26)38(24)21-10-12-35-27-19(31)7-8-20(32)25(21)27/h7-15H,5-6H2,1-4H3,(H2,33,39)(H,34,36,40). The molecule has 3 N–H and O–H groups in total. The van der Waals surface area contributed by atoms with Crippen LogP contribution in [0.1, 0.15) is 50.3 Å². The van der Waals surface area contributed by atoms with Crippen molar-refractivity contribution >= 4 is 51.4 Å². The molecule has 210 valence electrons. The highest BCUT2D eigenvalue weighted by Gasteiger charge is 2.22. The Morgan fingerprint density at radius 1 is 1.05 bits per heavy atom. The second-order valence-electron chi connectivity index (χ2n) is 10.5. The van der Waals surface area contributed by atoms with Crippen LogP contribution in [0.3, 0.4) is 0 Å². The number of carbonyl (C=O) groups is 2. The van der Waals surface area contributed by atoms with Crippen molar-refractivity contribution < 1.29 is 18.7 Å². The monoisotopic (exact) mass is 574 g/mol. The van der Waals surface area contributed by atoms with Gasteiger partial charge < -0.3 is 10.5 Å². The maximum atomic E-state index is 15.3. The Labute approximate surface area is 240 Å². The number of amides is 2. The van der Waals surface area contributed by atoms with Crippen LogP contribution in [0.2, 0.25) is 5.02 Å². The average Bonchev–Trinajstić information content (AvgIpc) is 3.26. The number of aromatic nitrogens is 4. The molecule has 3 aromatic heterocycles. The van der Waals surface area contributed by atoms with E-state index in [1.807, 2.05) is 17.6 Å². The third-order valence-corrected chi connectivity index (χ3v) is 6.61. The van der Waals surface area contributed by atoms with E-state index >= 15 is 4.39 Å². The van der Waals surface area contributed by atoms with Gasteiger partial charge in [-0.1, -0.05) is 18.5 Å².